The van der Waals surface area contributed by atoms with Gasteiger partial charge in [-0.15, -0.1) is 0 Å². The summed E-state index contributed by atoms with van der Waals surface area (Å²) in [4.78, 5) is 12.7. The maximum absolute atomic E-state index is 12.7. The van der Waals surface area contributed by atoms with Crippen molar-refractivity contribution >= 4 is 11.6 Å². The van der Waals surface area contributed by atoms with Crippen LogP contribution in [0.1, 0.15) is 24.1 Å². The average molecular weight is 319 g/mol. The number of carbonyl (C=O) groups excluding carboxylic acids is 1. The molecule has 0 spiro atoms. The van der Waals surface area contributed by atoms with E-state index >= 15 is 0 Å². The highest BCUT2D eigenvalue weighted by molar-refractivity contribution is 6.01. The van der Waals surface area contributed by atoms with Crippen molar-refractivity contribution in [2.24, 2.45) is 0 Å². The van der Waals surface area contributed by atoms with Crippen LogP contribution in [0.4, 0.5) is 5.69 Å². The topological polar surface area (TPSA) is 92.1 Å². The van der Waals surface area contributed by atoms with E-state index in [1.54, 1.807) is 48.7 Å². The van der Waals surface area contributed by atoms with E-state index < -0.39 is 5.41 Å². The molecule has 0 aliphatic heterocycles. The number of aromatic nitrogens is 1. The summed E-state index contributed by atoms with van der Waals surface area (Å²) in [6.07, 6.45) is 2.94. The highest BCUT2D eigenvalue weighted by Crippen LogP contribution is 2.49. The van der Waals surface area contributed by atoms with Gasteiger partial charge in [0, 0.05) is 6.07 Å². The van der Waals surface area contributed by atoms with Crippen molar-refractivity contribution in [1.82, 2.24) is 5.16 Å². The molecule has 1 aromatic carbocycles. The van der Waals surface area contributed by atoms with Crippen LogP contribution in [-0.4, -0.2) is 11.1 Å². The van der Waals surface area contributed by atoms with E-state index in [-0.39, 0.29) is 5.91 Å². The average Bonchev–Trinajstić information content (AvgIpc) is 3.02. The van der Waals surface area contributed by atoms with Crippen molar-refractivity contribution < 1.29 is 13.7 Å². The highest BCUT2D eigenvalue weighted by Gasteiger charge is 2.54. The van der Waals surface area contributed by atoms with Gasteiger partial charge < -0.3 is 14.3 Å². The number of nitrogens with one attached hydrogen (secondary N) is 1. The normalized spacial score (nSPS) is 14.8. The van der Waals surface area contributed by atoms with Gasteiger partial charge in [-0.25, -0.2) is 0 Å². The van der Waals surface area contributed by atoms with Gasteiger partial charge in [0.15, 0.2) is 5.76 Å². The molecular weight excluding hydrogens is 306 g/mol. The fourth-order valence-corrected chi connectivity index (χ4v) is 2.69. The Hall–Kier alpha value is -3.33. The first kappa shape index (κ1) is 14.3. The zero-order valence-corrected chi connectivity index (χ0v) is 12.7. The Morgan fingerprint density at radius 2 is 2.04 bits per heavy atom. The zero-order chi connectivity index (χ0) is 16.6. The SMILES string of the molecule is N#Cc1ccccc1NC(=O)C1(c2cc(-c3ccco3)on2)CC1. The molecule has 1 N–H and O–H groups in total. The van der Waals surface area contributed by atoms with Gasteiger partial charge in [0.05, 0.1) is 28.6 Å². The van der Waals surface area contributed by atoms with Crippen LogP contribution in [0.25, 0.3) is 11.5 Å². The number of nitrogens with zero attached hydrogens (tertiary/aromatic N) is 2. The molecule has 2 aromatic heterocycles. The Balaban J connectivity index is 1.59. The third kappa shape index (κ3) is 2.27. The van der Waals surface area contributed by atoms with Crippen molar-refractivity contribution in [3.05, 3.63) is 60.0 Å². The van der Waals surface area contributed by atoms with Crippen molar-refractivity contribution in [3.8, 4) is 17.6 Å². The maximum atomic E-state index is 12.7. The van der Waals surface area contributed by atoms with Crippen LogP contribution in [0, 0.1) is 11.3 Å². The van der Waals surface area contributed by atoms with Gasteiger partial charge in [-0.1, -0.05) is 17.3 Å². The molecule has 3 aromatic rings. The van der Waals surface area contributed by atoms with Crippen LogP contribution in [0.15, 0.2) is 57.7 Å². The summed E-state index contributed by atoms with van der Waals surface area (Å²) < 4.78 is 10.6. The number of hydrogen-bond donors (Lipinski definition) is 1. The Morgan fingerprint density at radius 3 is 2.75 bits per heavy atom. The molecule has 1 aliphatic rings. The minimum atomic E-state index is -0.698. The monoisotopic (exact) mass is 319 g/mol. The summed E-state index contributed by atoms with van der Waals surface area (Å²) in [7, 11) is 0. The van der Waals surface area contributed by atoms with Crippen LogP contribution >= 0.6 is 0 Å². The van der Waals surface area contributed by atoms with Crippen LogP contribution in [0.5, 0.6) is 0 Å². The van der Waals surface area contributed by atoms with Gasteiger partial charge in [0.25, 0.3) is 0 Å². The number of anilines is 1. The zero-order valence-electron chi connectivity index (χ0n) is 12.7. The number of furan rings is 1. The number of carbonyl (C=O) groups is 1. The molecule has 1 amide bonds. The lowest BCUT2D eigenvalue weighted by atomic mass is 10.0. The molecule has 1 aliphatic carbocycles. The van der Waals surface area contributed by atoms with Gasteiger partial charge in [-0.2, -0.15) is 5.26 Å². The Labute approximate surface area is 137 Å². The smallest absolute Gasteiger partial charge is 0.236 e. The van der Waals surface area contributed by atoms with E-state index in [9.17, 15) is 4.79 Å². The molecule has 118 valence electrons. The summed E-state index contributed by atoms with van der Waals surface area (Å²) in [6, 6.07) is 14.3. The third-order valence-electron chi connectivity index (χ3n) is 4.24. The largest absolute Gasteiger partial charge is 0.461 e. The highest BCUT2D eigenvalue weighted by atomic mass is 16.5. The standard InChI is InChI=1S/C18H13N3O3/c19-11-12-4-1-2-5-13(12)20-17(22)18(7-8-18)16-10-15(24-21-16)14-6-3-9-23-14/h1-6,9-10H,7-8H2,(H,20,22). The van der Waals surface area contributed by atoms with Crippen LogP contribution in [0.2, 0.25) is 0 Å². The number of nitriles is 1. The van der Waals surface area contributed by atoms with Crippen molar-refractivity contribution in [3.63, 3.8) is 0 Å². The Kier molecular flexibility index (Phi) is 3.21. The summed E-state index contributed by atoms with van der Waals surface area (Å²) in [5.41, 5.74) is 0.821. The number of amides is 1. The number of hydrogen-bond acceptors (Lipinski definition) is 5. The van der Waals surface area contributed by atoms with Crippen LogP contribution in [-0.2, 0) is 10.2 Å². The molecular formula is C18H13N3O3. The summed E-state index contributed by atoms with van der Waals surface area (Å²) in [5, 5.41) is 16.0. The molecule has 1 saturated carbocycles. The second-order valence-corrected chi connectivity index (χ2v) is 5.75. The van der Waals surface area contributed by atoms with E-state index in [1.165, 1.54) is 0 Å². The first-order chi connectivity index (χ1) is 11.7. The van der Waals surface area contributed by atoms with Crippen LogP contribution in [0.3, 0.4) is 0 Å². The minimum absolute atomic E-state index is 0.176. The van der Waals surface area contributed by atoms with Crippen molar-refractivity contribution in [1.29, 1.82) is 5.26 Å². The van der Waals surface area contributed by atoms with Gasteiger partial charge >= 0.3 is 0 Å². The molecule has 0 radical (unpaired) electrons. The summed E-state index contributed by atoms with van der Waals surface area (Å²) in [6.45, 7) is 0. The van der Waals surface area contributed by atoms with Crippen LogP contribution < -0.4 is 5.32 Å². The lowest BCUT2D eigenvalue weighted by molar-refractivity contribution is -0.118. The maximum Gasteiger partial charge on any atom is 0.236 e. The van der Waals surface area contributed by atoms with Gasteiger partial charge in [-0.3, -0.25) is 4.79 Å². The molecule has 0 bridgehead atoms. The van der Waals surface area contributed by atoms with E-state index in [1.807, 2.05) is 0 Å². The van der Waals surface area contributed by atoms with Gasteiger partial charge in [-0.05, 0) is 37.1 Å². The van der Waals surface area contributed by atoms with Crippen molar-refractivity contribution in [2.75, 3.05) is 5.32 Å². The summed E-state index contributed by atoms with van der Waals surface area (Å²) >= 11 is 0. The predicted molar refractivity (Wildman–Crippen MR) is 84.9 cm³/mol. The molecule has 6 nitrogen and oxygen atoms in total. The first-order valence-corrected chi connectivity index (χ1v) is 7.55. The van der Waals surface area contributed by atoms with Gasteiger partial charge in [0.2, 0.25) is 11.7 Å². The molecule has 0 atom stereocenters. The Bertz CT molecular complexity index is 931. The summed E-state index contributed by atoms with van der Waals surface area (Å²) in [5.74, 6) is 0.885. The fourth-order valence-electron chi connectivity index (χ4n) is 2.69. The molecule has 6 heteroatoms. The fraction of sp³-hybridized carbons (Fsp3) is 0.167. The minimum Gasteiger partial charge on any atom is -0.461 e. The van der Waals surface area contributed by atoms with Gasteiger partial charge in [0.1, 0.15) is 6.07 Å². The first-order valence-electron chi connectivity index (χ1n) is 7.55. The molecule has 24 heavy (non-hydrogen) atoms. The second kappa shape index (κ2) is 5.39. The number of benzene rings is 1. The quantitative estimate of drug-likeness (QED) is 0.795. The molecule has 0 saturated heterocycles. The Morgan fingerprint density at radius 1 is 1.21 bits per heavy atom. The van der Waals surface area contributed by atoms with E-state index in [4.69, 9.17) is 14.2 Å². The van der Waals surface area contributed by atoms with E-state index in [0.717, 1.165) is 0 Å². The molecule has 1 fully saturated rings. The third-order valence-corrected chi connectivity index (χ3v) is 4.24. The lowest BCUT2D eigenvalue weighted by Crippen LogP contribution is -2.28. The molecule has 0 unspecified atom stereocenters. The predicted octanol–water partition coefficient (Wildman–Crippen LogP) is 3.48. The molecule has 2 heterocycles. The van der Waals surface area contributed by atoms with E-state index in [2.05, 4.69) is 16.5 Å². The second-order valence-electron chi connectivity index (χ2n) is 5.75. The van der Waals surface area contributed by atoms with Crippen molar-refractivity contribution in [2.45, 2.75) is 18.3 Å². The molecule has 4 rings (SSSR count). The number of rotatable bonds is 4. The van der Waals surface area contributed by atoms with E-state index in [0.29, 0.717) is 41.3 Å². The number of para-hydroxylation sites is 1. The lowest BCUT2D eigenvalue weighted by Gasteiger charge is -2.13.